The summed E-state index contributed by atoms with van der Waals surface area (Å²) in [4.78, 5) is 62.3. The summed E-state index contributed by atoms with van der Waals surface area (Å²) in [5.74, 6) is -3.27. The number of piperidine rings is 1. The second kappa shape index (κ2) is 10.3. The van der Waals surface area contributed by atoms with Crippen LogP contribution in [0.3, 0.4) is 0 Å². The summed E-state index contributed by atoms with van der Waals surface area (Å²) in [6, 6.07) is 9.51. The zero-order valence-corrected chi connectivity index (χ0v) is 20.6. The highest BCUT2D eigenvalue weighted by Gasteiger charge is 2.42. The number of benzene rings is 2. The van der Waals surface area contributed by atoms with Gasteiger partial charge in [0.2, 0.25) is 17.7 Å². The number of carbonyl (C=O) groups excluding carboxylic acids is 5. The molecule has 0 aliphatic carbocycles. The van der Waals surface area contributed by atoms with Gasteiger partial charge in [-0.05, 0) is 49.2 Å². The number of halogens is 3. The van der Waals surface area contributed by atoms with Crippen LogP contribution in [0.2, 0.25) is 0 Å². The zero-order valence-electron chi connectivity index (χ0n) is 20.6. The summed E-state index contributed by atoms with van der Waals surface area (Å²) in [6.45, 7) is 1.56. The van der Waals surface area contributed by atoms with Gasteiger partial charge in [0.05, 0.1) is 5.56 Å². The predicted molar refractivity (Wildman–Crippen MR) is 132 cm³/mol. The summed E-state index contributed by atoms with van der Waals surface area (Å²) >= 11 is 0. The SMILES string of the molecule is CC(N)(CC(=O)Nc1cccc(C(F)(F)F)c1)c1cccc(NC2=CC(=O)N(C3CCC(=O)NC3=O)C2=O)c1. The van der Waals surface area contributed by atoms with E-state index in [2.05, 4.69) is 16.0 Å². The molecule has 2 aromatic rings. The lowest BCUT2D eigenvalue weighted by Gasteiger charge is -2.28. The maximum absolute atomic E-state index is 13.0. The lowest BCUT2D eigenvalue weighted by molar-refractivity contribution is -0.149. The minimum atomic E-state index is -4.56. The summed E-state index contributed by atoms with van der Waals surface area (Å²) in [6.07, 6.45) is -3.78. The molecule has 2 heterocycles. The molecule has 0 saturated carbocycles. The zero-order chi connectivity index (χ0) is 28.5. The van der Waals surface area contributed by atoms with Crippen molar-refractivity contribution in [1.82, 2.24) is 10.2 Å². The van der Waals surface area contributed by atoms with Crippen molar-refractivity contribution in [3.63, 3.8) is 0 Å². The van der Waals surface area contributed by atoms with Crippen molar-refractivity contribution in [2.24, 2.45) is 5.73 Å². The normalized spacial score (nSPS) is 19.4. The quantitative estimate of drug-likeness (QED) is 0.392. The molecule has 2 atom stereocenters. The first-order valence-electron chi connectivity index (χ1n) is 11.8. The topological polar surface area (TPSA) is 151 Å². The molecule has 2 aliphatic heterocycles. The third kappa shape index (κ3) is 6.14. The van der Waals surface area contributed by atoms with Gasteiger partial charge in [-0.2, -0.15) is 13.2 Å². The Labute approximate surface area is 220 Å². The second-order valence-electron chi connectivity index (χ2n) is 9.47. The van der Waals surface area contributed by atoms with Crippen molar-refractivity contribution in [3.05, 3.63) is 71.4 Å². The molecule has 13 heteroatoms. The molecule has 0 bridgehead atoms. The lowest BCUT2D eigenvalue weighted by Crippen LogP contribution is -2.54. The first kappa shape index (κ1) is 27.5. The van der Waals surface area contributed by atoms with E-state index in [1.54, 1.807) is 31.2 Å². The predicted octanol–water partition coefficient (Wildman–Crippen LogP) is 2.38. The highest BCUT2D eigenvalue weighted by molar-refractivity contribution is 6.20. The molecule has 0 radical (unpaired) electrons. The van der Waals surface area contributed by atoms with Gasteiger partial charge in [-0.1, -0.05) is 18.2 Å². The lowest BCUT2D eigenvalue weighted by atomic mass is 9.89. The van der Waals surface area contributed by atoms with Gasteiger partial charge in [0, 0.05) is 35.8 Å². The first-order valence-corrected chi connectivity index (χ1v) is 11.8. The van der Waals surface area contributed by atoms with Gasteiger partial charge < -0.3 is 16.4 Å². The maximum Gasteiger partial charge on any atom is 0.416 e. The van der Waals surface area contributed by atoms with Gasteiger partial charge in [0.25, 0.3) is 11.8 Å². The highest BCUT2D eigenvalue weighted by Crippen LogP contribution is 2.31. The molecule has 39 heavy (non-hydrogen) atoms. The van der Waals surface area contributed by atoms with Gasteiger partial charge in [-0.25, -0.2) is 0 Å². The van der Waals surface area contributed by atoms with E-state index in [1.807, 2.05) is 0 Å². The van der Waals surface area contributed by atoms with Crippen LogP contribution in [0.15, 0.2) is 60.3 Å². The molecule has 2 aliphatic rings. The molecule has 1 saturated heterocycles. The van der Waals surface area contributed by atoms with Crippen molar-refractivity contribution in [1.29, 1.82) is 0 Å². The number of hydrogen-bond acceptors (Lipinski definition) is 7. The van der Waals surface area contributed by atoms with Crippen molar-refractivity contribution >= 4 is 40.9 Å². The monoisotopic (exact) mass is 543 g/mol. The molecule has 0 spiro atoms. The van der Waals surface area contributed by atoms with Crippen LogP contribution in [0.5, 0.6) is 0 Å². The fourth-order valence-electron chi connectivity index (χ4n) is 4.32. The van der Waals surface area contributed by atoms with Crippen LogP contribution in [0.4, 0.5) is 24.5 Å². The van der Waals surface area contributed by atoms with E-state index < -0.39 is 52.9 Å². The summed E-state index contributed by atoms with van der Waals surface area (Å²) in [5.41, 5.74) is 4.92. The molecule has 4 rings (SSSR count). The fraction of sp³-hybridized carbons (Fsp3) is 0.269. The van der Waals surface area contributed by atoms with E-state index >= 15 is 0 Å². The Balaban J connectivity index is 1.43. The van der Waals surface area contributed by atoms with E-state index in [-0.39, 0.29) is 30.6 Å². The molecule has 204 valence electrons. The van der Waals surface area contributed by atoms with E-state index in [4.69, 9.17) is 5.73 Å². The number of nitrogens with zero attached hydrogens (tertiary/aromatic N) is 1. The Bertz CT molecular complexity index is 1400. The van der Waals surface area contributed by atoms with Crippen LogP contribution in [0.25, 0.3) is 0 Å². The smallest absolute Gasteiger partial charge is 0.351 e. The van der Waals surface area contributed by atoms with Gasteiger partial charge in [0.15, 0.2) is 0 Å². The van der Waals surface area contributed by atoms with Crippen molar-refractivity contribution < 1.29 is 37.1 Å². The number of nitrogens with two attached hydrogens (primary N) is 1. The Kier molecular flexibility index (Phi) is 7.29. The number of imide groups is 2. The molecular weight excluding hydrogens is 519 g/mol. The number of carbonyl (C=O) groups is 5. The largest absolute Gasteiger partial charge is 0.416 e. The molecule has 2 aromatic carbocycles. The Morgan fingerprint density at radius 3 is 2.36 bits per heavy atom. The van der Waals surface area contributed by atoms with Crippen LogP contribution in [0.1, 0.15) is 37.3 Å². The molecule has 1 fully saturated rings. The number of hydrogen-bond donors (Lipinski definition) is 4. The summed E-state index contributed by atoms with van der Waals surface area (Å²) < 4.78 is 38.9. The highest BCUT2D eigenvalue weighted by atomic mass is 19.4. The van der Waals surface area contributed by atoms with E-state index in [0.29, 0.717) is 11.3 Å². The van der Waals surface area contributed by atoms with Crippen LogP contribution in [-0.2, 0) is 35.7 Å². The Morgan fingerprint density at radius 1 is 1.05 bits per heavy atom. The first-order chi connectivity index (χ1) is 18.2. The number of anilines is 2. The van der Waals surface area contributed by atoms with E-state index in [1.165, 1.54) is 12.1 Å². The number of rotatable bonds is 7. The minimum absolute atomic E-state index is 0.00526. The van der Waals surface area contributed by atoms with Crippen molar-refractivity contribution in [2.45, 2.75) is 43.9 Å². The molecule has 2 unspecified atom stereocenters. The number of nitrogens with one attached hydrogen (secondary N) is 3. The van der Waals surface area contributed by atoms with Crippen molar-refractivity contribution in [3.8, 4) is 0 Å². The number of amides is 5. The van der Waals surface area contributed by atoms with Crippen LogP contribution < -0.4 is 21.7 Å². The summed E-state index contributed by atoms with van der Waals surface area (Å²) in [7, 11) is 0. The van der Waals surface area contributed by atoms with Crippen LogP contribution >= 0.6 is 0 Å². The molecular formula is C26H24F3N5O5. The summed E-state index contributed by atoms with van der Waals surface area (Å²) in [5, 5.41) is 7.36. The maximum atomic E-state index is 13.0. The molecule has 5 N–H and O–H groups in total. The second-order valence-corrected chi connectivity index (χ2v) is 9.47. The fourth-order valence-corrected chi connectivity index (χ4v) is 4.32. The average molecular weight is 544 g/mol. The Morgan fingerprint density at radius 2 is 1.69 bits per heavy atom. The third-order valence-electron chi connectivity index (χ3n) is 6.28. The minimum Gasteiger partial charge on any atom is -0.351 e. The van der Waals surface area contributed by atoms with Crippen molar-refractivity contribution in [2.75, 3.05) is 10.6 Å². The third-order valence-corrected chi connectivity index (χ3v) is 6.28. The average Bonchev–Trinajstić information content (AvgIpc) is 3.11. The van der Waals surface area contributed by atoms with Gasteiger partial charge >= 0.3 is 6.18 Å². The van der Waals surface area contributed by atoms with E-state index in [0.717, 1.165) is 23.1 Å². The van der Waals surface area contributed by atoms with Gasteiger partial charge in [-0.3, -0.25) is 34.2 Å². The van der Waals surface area contributed by atoms with Gasteiger partial charge in [-0.15, -0.1) is 0 Å². The molecule has 10 nitrogen and oxygen atoms in total. The standard InChI is InChI=1S/C26H24F3N5O5/c1-25(30,13-21(36)32-17-7-3-5-15(11-17)26(27,28)29)14-4-2-6-16(10-14)31-18-12-22(37)34(24(18)39)19-8-9-20(35)33-23(19)38/h2-7,10-12,19,31H,8-9,13,30H2,1H3,(H,32,36)(H,33,35,38). The van der Waals surface area contributed by atoms with Crippen LogP contribution in [-0.4, -0.2) is 40.5 Å². The molecule has 0 aromatic heterocycles. The number of alkyl halides is 3. The Hall–Kier alpha value is -4.52. The van der Waals surface area contributed by atoms with E-state index in [9.17, 15) is 37.1 Å². The molecule has 5 amide bonds. The van der Waals surface area contributed by atoms with Crippen LogP contribution in [0, 0.1) is 0 Å². The van der Waals surface area contributed by atoms with Gasteiger partial charge in [0.1, 0.15) is 11.7 Å².